The maximum atomic E-state index is 9.77. The number of unbranched alkanes of at least 4 members (excludes halogenated alkanes) is 10. The minimum absolute atomic E-state index is 0.290. The topological polar surface area (TPSA) is 68.2 Å². The third-order valence-corrected chi connectivity index (χ3v) is 6.92. The van der Waals surface area contributed by atoms with Gasteiger partial charge in [-0.2, -0.15) is 0 Å². The second kappa shape index (κ2) is 23.2. The summed E-state index contributed by atoms with van der Waals surface area (Å²) in [6, 6.07) is 0. The summed E-state index contributed by atoms with van der Waals surface area (Å²) in [5, 5.41) is 19.5. The van der Waals surface area contributed by atoms with Gasteiger partial charge in [-0.25, -0.2) is 0 Å². The summed E-state index contributed by atoms with van der Waals surface area (Å²) in [5.74, 6) is -1.27. The summed E-state index contributed by atoms with van der Waals surface area (Å²) >= 11 is 0. The van der Waals surface area contributed by atoms with Crippen LogP contribution in [0.25, 0.3) is 0 Å². The van der Waals surface area contributed by atoms with Gasteiger partial charge in [0.05, 0.1) is 12.2 Å². The third kappa shape index (κ3) is 20.9. The second-order valence-electron chi connectivity index (χ2n) is 10.7. The number of hydrogen-bond donors (Lipinski definition) is 2. The van der Waals surface area contributed by atoms with Crippen LogP contribution in [-0.4, -0.2) is 47.2 Å². The molecule has 5 heteroatoms. The van der Waals surface area contributed by atoms with Crippen molar-refractivity contribution >= 4 is 0 Å². The molecule has 0 aliphatic rings. The first-order valence-corrected chi connectivity index (χ1v) is 15.3. The van der Waals surface area contributed by atoms with Crippen molar-refractivity contribution in [2.24, 2.45) is 0 Å². The Balaban J connectivity index is 4.33. The van der Waals surface area contributed by atoms with E-state index in [1.54, 1.807) is 0 Å². The summed E-state index contributed by atoms with van der Waals surface area (Å²) in [6.07, 6.45) is 24.3. The van der Waals surface area contributed by atoms with E-state index in [4.69, 9.17) is 14.2 Å². The molecule has 0 aliphatic heterocycles. The highest BCUT2D eigenvalue weighted by molar-refractivity contribution is 4.85. The Kier molecular flexibility index (Phi) is 22.7. The first-order valence-electron chi connectivity index (χ1n) is 15.3. The van der Waals surface area contributed by atoms with Crippen molar-refractivity contribution in [2.45, 2.75) is 168 Å². The zero-order valence-electron chi connectivity index (χ0n) is 25.3. The summed E-state index contributed by atoms with van der Waals surface area (Å²) < 4.78 is 18.8. The molecule has 220 valence electrons. The van der Waals surface area contributed by atoms with Gasteiger partial charge < -0.3 is 24.4 Å². The number of aliphatic hydroxyl groups excluding tert-OH is 2. The number of rotatable bonds is 26. The van der Waals surface area contributed by atoms with Crippen molar-refractivity contribution in [2.75, 3.05) is 13.2 Å². The van der Waals surface area contributed by atoms with Crippen LogP contribution in [0.5, 0.6) is 0 Å². The normalized spacial score (nSPS) is 17.3. The van der Waals surface area contributed by atoms with Crippen LogP contribution in [0.1, 0.15) is 144 Å². The Bertz CT molecular complexity index is 515. The highest BCUT2D eigenvalue weighted by Gasteiger charge is 2.36. The van der Waals surface area contributed by atoms with Crippen LogP contribution >= 0.6 is 0 Å². The molecule has 0 aromatic heterocycles. The molecule has 0 aromatic carbocycles. The molecule has 0 heterocycles. The third-order valence-electron chi connectivity index (χ3n) is 6.92. The molecule has 0 spiro atoms. The fourth-order valence-electron chi connectivity index (χ4n) is 5.02. The van der Waals surface area contributed by atoms with Gasteiger partial charge in [0.2, 0.25) is 0 Å². The molecule has 4 atom stereocenters. The molecule has 4 unspecified atom stereocenters. The highest BCUT2D eigenvalue weighted by atomic mass is 16.8. The van der Waals surface area contributed by atoms with Crippen LogP contribution in [0, 0.1) is 0 Å². The van der Waals surface area contributed by atoms with E-state index in [2.05, 4.69) is 13.8 Å². The van der Waals surface area contributed by atoms with E-state index in [0.29, 0.717) is 13.2 Å². The summed E-state index contributed by atoms with van der Waals surface area (Å²) in [6.45, 7) is 13.3. The van der Waals surface area contributed by atoms with Crippen molar-refractivity contribution in [3.8, 4) is 0 Å². The molecule has 0 amide bonds. The molecule has 0 radical (unpaired) electrons. The van der Waals surface area contributed by atoms with Gasteiger partial charge in [-0.1, -0.05) is 88.5 Å². The molecule has 0 saturated heterocycles. The molecule has 0 aromatic rings. The SMILES string of the molecule is CC=CC(O)CCCCCCCCC(C)(OCC)OC(C)(CCCCCCCCC(O)C=CC)OCC. The van der Waals surface area contributed by atoms with Gasteiger partial charge in [-0.3, -0.25) is 0 Å². The van der Waals surface area contributed by atoms with Crippen molar-refractivity contribution in [1.29, 1.82) is 0 Å². The predicted molar refractivity (Wildman–Crippen MR) is 157 cm³/mol. The van der Waals surface area contributed by atoms with Crippen molar-refractivity contribution in [1.82, 2.24) is 0 Å². The summed E-state index contributed by atoms with van der Waals surface area (Å²) in [4.78, 5) is 0. The van der Waals surface area contributed by atoms with E-state index in [9.17, 15) is 10.2 Å². The molecular formula is C32H62O5. The first-order chi connectivity index (χ1) is 17.7. The number of ether oxygens (including phenoxy) is 3. The van der Waals surface area contributed by atoms with Crippen LogP contribution in [0.3, 0.4) is 0 Å². The van der Waals surface area contributed by atoms with Gasteiger partial charge in [-0.05, 0) is 67.2 Å². The minimum Gasteiger partial charge on any atom is -0.389 e. The van der Waals surface area contributed by atoms with Gasteiger partial charge in [-0.15, -0.1) is 0 Å². The first kappa shape index (κ1) is 36.3. The number of hydrogen-bond acceptors (Lipinski definition) is 5. The van der Waals surface area contributed by atoms with Gasteiger partial charge >= 0.3 is 0 Å². The van der Waals surface area contributed by atoms with Gasteiger partial charge in [0.15, 0.2) is 11.6 Å². The highest BCUT2D eigenvalue weighted by Crippen LogP contribution is 2.32. The van der Waals surface area contributed by atoms with Crippen LogP contribution in [0.4, 0.5) is 0 Å². The molecule has 0 saturated carbocycles. The summed E-state index contributed by atoms with van der Waals surface area (Å²) in [5.41, 5.74) is 0. The van der Waals surface area contributed by atoms with Crippen molar-refractivity contribution in [3.05, 3.63) is 24.3 Å². The molecule has 2 N–H and O–H groups in total. The van der Waals surface area contributed by atoms with E-state index in [0.717, 1.165) is 51.4 Å². The Morgan fingerprint density at radius 2 is 0.892 bits per heavy atom. The molecule has 0 fully saturated rings. The molecular weight excluding hydrogens is 464 g/mol. The zero-order chi connectivity index (χ0) is 27.8. The maximum Gasteiger partial charge on any atom is 0.168 e. The Morgan fingerprint density at radius 1 is 0.568 bits per heavy atom. The lowest BCUT2D eigenvalue weighted by atomic mass is 10.0. The maximum absolute atomic E-state index is 9.77. The predicted octanol–water partition coefficient (Wildman–Crippen LogP) is 8.62. The van der Waals surface area contributed by atoms with E-state index < -0.39 is 11.6 Å². The van der Waals surface area contributed by atoms with Crippen LogP contribution in [0.2, 0.25) is 0 Å². The standard InChI is InChI=1S/C32H62O5/c1-7-23-29(33)25-19-15-11-13-17-21-27-31(5,35-9-3)37-32(6,36-10-4)28-22-18-14-12-16-20-26-30(34)24-8-2/h7-8,23-24,29-30,33-34H,9-22,25-28H2,1-6H3. The second-order valence-corrected chi connectivity index (χ2v) is 10.7. The number of aliphatic hydroxyl groups is 2. The quantitative estimate of drug-likeness (QED) is 0.0670. The smallest absolute Gasteiger partial charge is 0.168 e. The molecule has 0 bridgehead atoms. The lowest BCUT2D eigenvalue weighted by Crippen LogP contribution is -2.45. The zero-order valence-corrected chi connectivity index (χ0v) is 25.3. The minimum atomic E-state index is -0.636. The van der Waals surface area contributed by atoms with E-state index in [1.807, 2.05) is 52.0 Å². The Labute approximate surface area is 230 Å². The molecule has 0 aliphatic carbocycles. The van der Waals surface area contributed by atoms with Crippen LogP contribution in [0.15, 0.2) is 24.3 Å². The van der Waals surface area contributed by atoms with Gasteiger partial charge in [0.25, 0.3) is 0 Å². The largest absolute Gasteiger partial charge is 0.389 e. The molecule has 5 nitrogen and oxygen atoms in total. The molecule has 37 heavy (non-hydrogen) atoms. The van der Waals surface area contributed by atoms with Crippen LogP contribution < -0.4 is 0 Å². The average Bonchev–Trinajstić information content (AvgIpc) is 2.83. The fourth-order valence-corrected chi connectivity index (χ4v) is 5.02. The van der Waals surface area contributed by atoms with Gasteiger partial charge in [0.1, 0.15) is 0 Å². The lowest BCUT2D eigenvalue weighted by molar-refractivity contribution is -0.350. The van der Waals surface area contributed by atoms with Crippen molar-refractivity contribution in [3.63, 3.8) is 0 Å². The van der Waals surface area contributed by atoms with E-state index >= 15 is 0 Å². The Morgan fingerprint density at radius 3 is 1.22 bits per heavy atom. The average molecular weight is 527 g/mol. The lowest BCUT2D eigenvalue weighted by Gasteiger charge is -2.40. The van der Waals surface area contributed by atoms with Gasteiger partial charge in [0, 0.05) is 26.1 Å². The fraction of sp³-hybridized carbons (Fsp3) is 0.875. The monoisotopic (exact) mass is 526 g/mol. The number of allylic oxidation sites excluding steroid dienone is 2. The van der Waals surface area contributed by atoms with E-state index in [1.165, 1.54) is 51.4 Å². The molecule has 0 rings (SSSR count). The Hall–Kier alpha value is -0.720. The van der Waals surface area contributed by atoms with E-state index in [-0.39, 0.29) is 12.2 Å². The van der Waals surface area contributed by atoms with Crippen molar-refractivity contribution < 1.29 is 24.4 Å². The summed E-state index contributed by atoms with van der Waals surface area (Å²) in [7, 11) is 0. The van der Waals surface area contributed by atoms with Crippen LogP contribution in [-0.2, 0) is 14.2 Å².